The maximum atomic E-state index is 13.3. The van der Waals surface area contributed by atoms with Gasteiger partial charge in [0.25, 0.3) is 10.0 Å². The molecule has 2 aromatic carbocycles. The third kappa shape index (κ3) is 3.17. The molecule has 106 valence electrons. The molecule has 0 fully saturated rings. The number of hydrogen-bond donors (Lipinski definition) is 2. The number of sulfonamides is 1. The second-order valence-electron chi connectivity index (χ2n) is 4.04. The molecule has 0 atom stereocenters. The molecule has 7 heteroatoms. The zero-order chi connectivity index (χ0) is 14.8. The Morgan fingerprint density at radius 1 is 1.20 bits per heavy atom. The Balaban J connectivity index is 2.46. The Kier molecular flexibility index (Phi) is 4.42. The highest BCUT2D eigenvalue weighted by Crippen LogP contribution is 2.26. The van der Waals surface area contributed by atoms with Crippen LogP contribution in [0.3, 0.4) is 0 Å². The van der Waals surface area contributed by atoms with E-state index in [2.05, 4.69) is 20.7 Å². The lowest BCUT2D eigenvalue weighted by Gasteiger charge is -2.12. The predicted octanol–water partition coefficient (Wildman–Crippen LogP) is 2.85. The molecule has 2 rings (SSSR count). The van der Waals surface area contributed by atoms with Crippen molar-refractivity contribution in [1.82, 2.24) is 0 Å². The molecule has 0 bridgehead atoms. The second kappa shape index (κ2) is 5.90. The fourth-order valence-corrected chi connectivity index (χ4v) is 3.55. The van der Waals surface area contributed by atoms with Crippen LogP contribution in [0.4, 0.5) is 10.1 Å². The number of nitrogens with one attached hydrogen (secondary N) is 1. The van der Waals surface area contributed by atoms with Gasteiger partial charge in [-0.15, -0.1) is 0 Å². The Labute approximate surface area is 125 Å². The topological polar surface area (TPSA) is 72.2 Å². The van der Waals surface area contributed by atoms with Gasteiger partial charge in [-0.2, -0.15) is 0 Å². The van der Waals surface area contributed by atoms with Crippen LogP contribution in [-0.2, 0) is 16.6 Å². The molecular weight excluding hydrogens is 347 g/mol. The fourth-order valence-electron chi connectivity index (χ4n) is 1.69. The van der Waals surface area contributed by atoms with Gasteiger partial charge in [0, 0.05) is 11.0 Å². The smallest absolute Gasteiger partial charge is 0.262 e. The third-order valence-corrected chi connectivity index (χ3v) is 4.80. The summed E-state index contributed by atoms with van der Waals surface area (Å²) < 4.78 is 41.0. The van der Waals surface area contributed by atoms with Gasteiger partial charge in [0.05, 0.1) is 10.6 Å². The van der Waals surface area contributed by atoms with E-state index in [0.29, 0.717) is 15.7 Å². The van der Waals surface area contributed by atoms with Crippen LogP contribution in [0.25, 0.3) is 0 Å². The first-order valence-corrected chi connectivity index (χ1v) is 7.97. The van der Waals surface area contributed by atoms with Crippen LogP contribution >= 0.6 is 15.9 Å². The quantitative estimate of drug-likeness (QED) is 0.882. The summed E-state index contributed by atoms with van der Waals surface area (Å²) in [6.07, 6.45) is 0. The minimum Gasteiger partial charge on any atom is -0.326 e. The van der Waals surface area contributed by atoms with Crippen LogP contribution in [0.5, 0.6) is 0 Å². The molecule has 0 spiro atoms. The van der Waals surface area contributed by atoms with Gasteiger partial charge in [-0.3, -0.25) is 4.72 Å². The molecule has 20 heavy (non-hydrogen) atoms. The summed E-state index contributed by atoms with van der Waals surface area (Å²) in [6, 6.07) is 10.3. The van der Waals surface area contributed by atoms with Crippen molar-refractivity contribution in [1.29, 1.82) is 0 Å². The highest BCUT2D eigenvalue weighted by molar-refractivity contribution is 9.10. The molecule has 0 saturated carbocycles. The van der Waals surface area contributed by atoms with E-state index in [4.69, 9.17) is 5.73 Å². The normalized spacial score (nSPS) is 11.3. The number of halogens is 2. The number of hydrogen-bond acceptors (Lipinski definition) is 3. The lowest BCUT2D eigenvalue weighted by molar-refractivity contribution is 0.593. The number of anilines is 1. The summed E-state index contributed by atoms with van der Waals surface area (Å²) in [5.74, 6) is -0.630. The zero-order valence-electron chi connectivity index (χ0n) is 10.3. The van der Waals surface area contributed by atoms with E-state index in [0.717, 1.165) is 6.07 Å². The van der Waals surface area contributed by atoms with Crippen LogP contribution in [0.2, 0.25) is 0 Å². The van der Waals surface area contributed by atoms with E-state index in [9.17, 15) is 12.8 Å². The van der Waals surface area contributed by atoms with Crippen molar-refractivity contribution < 1.29 is 12.8 Å². The Morgan fingerprint density at radius 3 is 2.55 bits per heavy atom. The van der Waals surface area contributed by atoms with Crippen molar-refractivity contribution >= 4 is 31.6 Å². The number of nitrogens with two attached hydrogens (primary N) is 1. The van der Waals surface area contributed by atoms with Crippen molar-refractivity contribution in [3.8, 4) is 0 Å². The maximum Gasteiger partial charge on any atom is 0.262 e. The largest absolute Gasteiger partial charge is 0.326 e. The average Bonchev–Trinajstić information content (AvgIpc) is 2.41. The van der Waals surface area contributed by atoms with E-state index < -0.39 is 15.8 Å². The van der Waals surface area contributed by atoms with Gasteiger partial charge in [-0.1, -0.05) is 18.2 Å². The zero-order valence-corrected chi connectivity index (χ0v) is 12.7. The number of benzene rings is 2. The van der Waals surface area contributed by atoms with Crippen molar-refractivity contribution in [2.45, 2.75) is 11.4 Å². The standard InChI is InChI=1S/C13H12BrFN2O2S/c14-11-3-1-2-4-12(11)17-20(18,19)13-7-10(15)6-5-9(13)8-16/h1-7,17H,8,16H2. The van der Waals surface area contributed by atoms with Gasteiger partial charge in [-0.05, 0) is 45.8 Å². The molecule has 0 aliphatic heterocycles. The first-order valence-electron chi connectivity index (χ1n) is 5.70. The van der Waals surface area contributed by atoms with E-state index >= 15 is 0 Å². The van der Waals surface area contributed by atoms with Crippen molar-refractivity contribution in [2.24, 2.45) is 5.73 Å². The predicted molar refractivity (Wildman–Crippen MR) is 79.2 cm³/mol. The minimum absolute atomic E-state index is 0.00643. The number of rotatable bonds is 4. The van der Waals surface area contributed by atoms with E-state index in [1.54, 1.807) is 24.3 Å². The molecule has 3 N–H and O–H groups in total. The summed E-state index contributed by atoms with van der Waals surface area (Å²) in [4.78, 5) is -0.157. The maximum absolute atomic E-state index is 13.3. The number of para-hydroxylation sites is 1. The van der Waals surface area contributed by atoms with Crippen molar-refractivity contribution in [2.75, 3.05) is 4.72 Å². The molecule has 4 nitrogen and oxygen atoms in total. The summed E-state index contributed by atoms with van der Waals surface area (Å²) in [5, 5.41) is 0. The van der Waals surface area contributed by atoms with Gasteiger partial charge < -0.3 is 5.73 Å². The van der Waals surface area contributed by atoms with Crippen LogP contribution in [0.1, 0.15) is 5.56 Å². The second-order valence-corrected chi connectivity index (χ2v) is 6.55. The molecule has 0 heterocycles. The lowest BCUT2D eigenvalue weighted by atomic mass is 10.2. The summed E-state index contributed by atoms with van der Waals surface area (Å²) in [6.45, 7) is 0.00643. The van der Waals surface area contributed by atoms with E-state index in [-0.39, 0.29) is 11.4 Å². The third-order valence-electron chi connectivity index (χ3n) is 2.66. The highest BCUT2D eigenvalue weighted by atomic mass is 79.9. The first-order chi connectivity index (χ1) is 9.44. The van der Waals surface area contributed by atoms with Gasteiger partial charge in [-0.25, -0.2) is 12.8 Å². The molecule has 0 radical (unpaired) electrons. The molecule has 0 aliphatic rings. The molecule has 0 unspecified atom stereocenters. The van der Waals surface area contributed by atoms with Crippen LogP contribution in [0, 0.1) is 5.82 Å². The summed E-state index contributed by atoms with van der Waals surface area (Å²) in [7, 11) is -3.90. The summed E-state index contributed by atoms with van der Waals surface area (Å²) >= 11 is 3.25. The Bertz CT molecular complexity index is 735. The SMILES string of the molecule is NCc1ccc(F)cc1S(=O)(=O)Nc1ccccc1Br. The van der Waals surface area contributed by atoms with Crippen molar-refractivity contribution in [3.05, 3.63) is 58.3 Å². The summed E-state index contributed by atoms with van der Waals surface area (Å²) in [5.41, 5.74) is 6.22. The van der Waals surface area contributed by atoms with Crippen molar-refractivity contribution in [3.63, 3.8) is 0 Å². The Morgan fingerprint density at radius 2 is 1.90 bits per heavy atom. The minimum atomic E-state index is -3.90. The average molecular weight is 359 g/mol. The lowest BCUT2D eigenvalue weighted by Crippen LogP contribution is -2.17. The molecular formula is C13H12BrFN2O2S. The van der Waals surface area contributed by atoms with E-state index in [1.807, 2.05) is 0 Å². The van der Waals surface area contributed by atoms with Gasteiger partial charge in [0.1, 0.15) is 5.82 Å². The molecule has 0 saturated heterocycles. The van der Waals surface area contributed by atoms with Crippen LogP contribution in [-0.4, -0.2) is 8.42 Å². The van der Waals surface area contributed by atoms with E-state index in [1.165, 1.54) is 12.1 Å². The Hall–Kier alpha value is -1.44. The molecule has 0 aliphatic carbocycles. The van der Waals surface area contributed by atoms with Gasteiger partial charge >= 0.3 is 0 Å². The first kappa shape index (κ1) is 15.0. The molecule has 2 aromatic rings. The highest BCUT2D eigenvalue weighted by Gasteiger charge is 2.19. The van der Waals surface area contributed by atoms with Gasteiger partial charge in [0.15, 0.2) is 0 Å². The monoisotopic (exact) mass is 358 g/mol. The molecule has 0 aromatic heterocycles. The van der Waals surface area contributed by atoms with Gasteiger partial charge in [0.2, 0.25) is 0 Å². The molecule has 0 amide bonds. The van der Waals surface area contributed by atoms with Crippen LogP contribution in [0.15, 0.2) is 51.8 Å². The van der Waals surface area contributed by atoms with Crippen LogP contribution < -0.4 is 10.5 Å². The fraction of sp³-hybridized carbons (Fsp3) is 0.0769.